The van der Waals surface area contributed by atoms with Crippen LogP contribution < -0.4 is 10.2 Å². The Morgan fingerprint density at radius 2 is 1.75 bits per heavy atom. The molecule has 1 amide bonds. The lowest BCUT2D eigenvalue weighted by Crippen LogP contribution is -2.36. The first-order chi connectivity index (χ1) is 13.6. The number of aryl methyl sites for hydroxylation is 2. The third-order valence-corrected chi connectivity index (χ3v) is 4.86. The number of amides is 1. The smallest absolute Gasteiger partial charge is 0.277 e. The van der Waals surface area contributed by atoms with Gasteiger partial charge in [-0.1, -0.05) is 22.9 Å². The second-order valence-electron chi connectivity index (χ2n) is 6.94. The largest absolute Gasteiger partial charge is 0.378 e. The molecule has 1 aliphatic rings. The molecule has 2 aromatic carbocycles. The number of rotatable bonds is 4. The first kappa shape index (κ1) is 18.2. The van der Waals surface area contributed by atoms with Crippen molar-refractivity contribution in [2.24, 2.45) is 0 Å². The van der Waals surface area contributed by atoms with Crippen LogP contribution >= 0.6 is 0 Å². The highest BCUT2D eigenvalue weighted by Gasteiger charge is 2.15. The molecule has 1 N–H and O–H groups in total. The Labute approximate surface area is 163 Å². The van der Waals surface area contributed by atoms with Gasteiger partial charge in [0, 0.05) is 24.5 Å². The molecule has 2 heterocycles. The van der Waals surface area contributed by atoms with Crippen LogP contribution in [-0.2, 0) is 4.74 Å². The topological polar surface area (TPSA) is 72.3 Å². The van der Waals surface area contributed by atoms with Gasteiger partial charge in [-0.05, 0) is 49.7 Å². The molecule has 4 rings (SSSR count). The molecule has 7 nitrogen and oxygen atoms in total. The maximum atomic E-state index is 12.6. The fourth-order valence-electron chi connectivity index (χ4n) is 3.18. The maximum Gasteiger partial charge on any atom is 0.277 e. The molecule has 0 saturated carbocycles. The van der Waals surface area contributed by atoms with Crippen molar-refractivity contribution in [3.63, 3.8) is 0 Å². The zero-order valence-corrected chi connectivity index (χ0v) is 16.1. The molecule has 0 unspecified atom stereocenters. The number of carbonyl (C=O) groups is 1. The number of morpholine rings is 1. The molecule has 1 saturated heterocycles. The number of carbonyl (C=O) groups excluding carboxylic acids is 1. The van der Waals surface area contributed by atoms with Gasteiger partial charge in [0.15, 0.2) is 5.69 Å². The Morgan fingerprint density at radius 3 is 2.46 bits per heavy atom. The standard InChI is InChI=1S/C21H23N5O2/c1-15-3-5-17(6-4-15)26-14-20(23-24-26)21(27)22-19-8-7-18(13-16(19)2)25-9-11-28-12-10-25/h3-8,13-14H,9-12H2,1-2H3,(H,22,27). The Balaban J connectivity index is 1.47. The molecular weight excluding hydrogens is 354 g/mol. The SMILES string of the molecule is Cc1ccc(-n2cc(C(=O)Nc3ccc(N4CCOCC4)cc3C)nn2)cc1. The molecule has 7 heteroatoms. The van der Waals surface area contributed by atoms with Crippen LogP contribution in [-0.4, -0.2) is 47.2 Å². The third kappa shape index (κ3) is 3.89. The second-order valence-corrected chi connectivity index (χ2v) is 6.94. The predicted octanol–water partition coefficient (Wildman–Crippen LogP) is 2.97. The number of nitrogens with one attached hydrogen (secondary N) is 1. The van der Waals surface area contributed by atoms with Crippen LogP contribution in [0.5, 0.6) is 0 Å². The van der Waals surface area contributed by atoms with Gasteiger partial charge in [0.2, 0.25) is 0 Å². The summed E-state index contributed by atoms with van der Waals surface area (Å²) in [5, 5.41) is 11.0. The maximum absolute atomic E-state index is 12.6. The van der Waals surface area contributed by atoms with E-state index in [1.807, 2.05) is 50.2 Å². The van der Waals surface area contributed by atoms with E-state index in [-0.39, 0.29) is 11.6 Å². The summed E-state index contributed by atoms with van der Waals surface area (Å²) in [5.41, 5.74) is 5.22. The number of ether oxygens (including phenoxy) is 1. The lowest BCUT2D eigenvalue weighted by atomic mass is 10.1. The molecular formula is C21H23N5O2. The van der Waals surface area contributed by atoms with Crippen LogP contribution in [0.25, 0.3) is 5.69 Å². The summed E-state index contributed by atoms with van der Waals surface area (Å²) in [6.45, 7) is 7.27. The Bertz CT molecular complexity index is 975. The summed E-state index contributed by atoms with van der Waals surface area (Å²) in [7, 11) is 0. The van der Waals surface area contributed by atoms with E-state index in [4.69, 9.17) is 4.74 Å². The van der Waals surface area contributed by atoms with Crippen molar-refractivity contribution in [3.8, 4) is 5.69 Å². The van der Waals surface area contributed by atoms with Crippen molar-refractivity contribution in [1.82, 2.24) is 15.0 Å². The van der Waals surface area contributed by atoms with Crippen LogP contribution in [0.4, 0.5) is 11.4 Å². The average molecular weight is 377 g/mol. The van der Waals surface area contributed by atoms with Gasteiger partial charge in [-0.3, -0.25) is 4.79 Å². The molecule has 144 valence electrons. The van der Waals surface area contributed by atoms with E-state index in [2.05, 4.69) is 26.6 Å². The molecule has 1 aromatic heterocycles. The van der Waals surface area contributed by atoms with E-state index >= 15 is 0 Å². The van der Waals surface area contributed by atoms with Crippen LogP contribution in [0.3, 0.4) is 0 Å². The number of nitrogens with zero attached hydrogens (tertiary/aromatic N) is 4. The van der Waals surface area contributed by atoms with Gasteiger partial charge in [0.05, 0.1) is 25.1 Å². The zero-order chi connectivity index (χ0) is 19.5. The van der Waals surface area contributed by atoms with Gasteiger partial charge in [-0.2, -0.15) is 0 Å². The van der Waals surface area contributed by atoms with Crippen LogP contribution in [0.15, 0.2) is 48.7 Å². The minimum Gasteiger partial charge on any atom is -0.378 e. The zero-order valence-electron chi connectivity index (χ0n) is 16.1. The van der Waals surface area contributed by atoms with Gasteiger partial charge < -0.3 is 15.0 Å². The lowest BCUT2D eigenvalue weighted by molar-refractivity contribution is 0.102. The monoisotopic (exact) mass is 377 g/mol. The van der Waals surface area contributed by atoms with Gasteiger partial charge >= 0.3 is 0 Å². The van der Waals surface area contributed by atoms with Gasteiger partial charge in [-0.15, -0.1) is 5.10 Å². The van der Waals surface area contributed by atoms with E-state index in [0.29, 0.717) is 0 Å². The van der Waals surface area contributed by atoms with Crippen molar-refractivity contribution >= 4 is 17.3 Å². The van der Waals surface area contributed by atoms with Gasteiger partial charge in [-0.25, -0.2) is 4.68 Å². The van der Waals surface area contributed by atoms with Crippen molar-refractivity contribution in [3.05, 3.63) is 65.5 Å². The molecule has 0 atom stereocenters. The third-order valence-electron chi connectivity index (χ3n) is 4.86. The fraction of sp³-hybridized carbons (Fsp3) is 0.286. The molecule has 0 aliphatic carbocycles. The highest BCUT2D eigenvalue weighted by atomic mass is 16.5. The van der Waals surface area contributed by atoms with Crippen LogP contribution in [0.2, 0.25) is 0 Å². The number of hydrogen-bond donors (Lipinski definition) is 1. The number of aromatic nitrogens is 3. The van der Waals surface area contributed by atoms with E-state index in [1.165, 1.54) is 0 Å². The number of hydrogen-bond acceptors (Lipinski definition) is 5. The normalized spacial score (nSPS) is 14.1. The first-order valence-corrected chi connectivity index (χ1v) is 9.34. The molecule has 0 spiro atoms. The molecule has 0 radical (unpaired) electrons. The van der Waals surface area contributed by atoms with E-state index < -0.39 is 0 Å². The highest BCUT2D eigenvalue weighted by molar-refractivity contribution is 6.03. The molecule has 0 bridgehead atoms. The van der Waals surface area contributed by atoms with Gasteiger partial charge in [0.25, 0.3) is 5.91 Å². The predicted molar refractivity (Wildman–Crippen MR) is 108 cm³/mol. The number of anilines is 2. The summed E-state index contributed by atoms with van der Waals surface area (Å²) < 4.78 is 7.00. The van der Waals surface area contributed by atoms with Crippen LogP contribution in [0, 0.1) is 13.8 Å². The van der Waals surface area contributed by atoms with Gasteiger partial charge in [0.1, 0.15) is 0 Å². The lowest BCUT2D eigenvalue weighted by Gasteiger charge is -2.29. The molecule has 1 aliphatic heterocycles. The Morgan fingerprint density at radius 1 is 1.04 bits per heavy atom. The summed E-state index contributed by atoms with van der Waals surface area (Å²) in [6.07, 6.45) is 1.64. The average Bonchev–Trinajstić information content (AvgIpc) is 3.21. The van der Waals surface area contributed by atoms with E-state index in [9.17, 15) is 4.79 Å². The number of benzene rings is 2. The fourth-order valence-corrected chi connectivity index (χ4v) is 3.18. The summed E-state index contributed by atoms with van der Waals surface area (Å²) in [4.78, 5) is 14.9. The van der Waals surface area contributed by atoms with Crippen molar-refractivity contribution in [2.45, 2.75) is 13.8 Å². The summed E-state index contributed by atoms with van der Waals surface area (Å²) in [6, 6.07) is 13.9. The van der Waals surface area contributed by atoms with E-state index in [0.717, 1.165) is 54.5 Å². The Hall–Kier alpha value is -3.19. The second kappa shape index (κ2) is 7.82. The highest BCUT2D eigenvalue weighted by Crippen LogP contribution is 2.24. The van der Waals surface area contributed by atoms with Crippen molar-refractivity contribution in [1.29, 1.82) is 0 Å². The van der Waals surface area contributed by atoms with Crippen molar-refractivity contribution < 1.29 is 9.53 Å². The summed E-state index contributed by atoms with van der Waals surface area (Å²) >= 11 is 0. The van der Waals surface area contributed by atoms with Crippen molar-refractivity contribution in [2.75, 3.05) is 36.5 Å². The quantitative estimate of drug-likeness (QED) is 0.757. The molecule has 28 heavy (non-hydrogen) atoms. The van der Waals surface area contributed by atoms with E-state index in [1.54, 1.807) is 10.9 Å². The van der Waals surface area contributed by atoms with Crippen LogP contribution in [0.1, 0.15) is 21.6 Å². The minimum atomic E-state index is -0.277. The molecule has 1 fully saturated rings. The Kier molecular flexibility index (Phi) is 5.08. The molecule has 3 aromatic rings. The minimum absolute atomic E-state index is 0.275. The first-order valence-electron chi connectivity index (χ1n) is 9.34. The summed E-state index contributed by atoms with van der Waals surface area (Å²) in [5.74, 6) is -0.277.